The summed E-state index contributed by atoms with van der Waals surface area (Å²) in [4.78, 5) is 10.4. The summed E-state index contributed by atoms with van der Waals surface area (Å²) >= 11 is 0. The summed E-state index contributed by atoms with van der Waals surface area (Å²) in [5.74, 6) is -0.752. The largest absolute Gasteiger partial charge is 0.481 e. The molecule has 5 atom stereocenters. The fraction of sp³-hybridized carbons (Fsp3) is 0.833. The highest BCUT2D eigenvalue weighted by molar-refractivity contribution is 5.66. The number of aliphatic carboxylic acids is 1. The predicted molar refractivity (Wildman–Crippen MR) is 90.7 cm³/mol. The summed E-state index contributed by atoms with van der Waals surface area (Å²) in [6, 6.07) is 0. The van der Waals surface area contributed by atoms with Crippen LogP contribution in [0.15, 0.2) is 12.2 Å². The lowest BCUT2D eigenvalue weighted by Gasteiger charge is -2.16. The van der Waals surface area contributed by atoms with Gasteiger partial charge in [0.25, 0.3) is 0 Å². The monoisotopic (exact) mass is 344 g/mol. The molecule has 6 heteroatoms. The van der Waals surface area contributed by atoms with Gasteiger partial charge in [-0.1, -0.05) is 44.8 Å². The molecule has 140 valence electrons. The molecule has 0 amide bonds. The molecular weight excluding hydrogens is 312 g/mol. The van der Waals surface area contributed by atoms with Gasteiger partial charge in [0.05, 0.1) is 30.5 Å². The SMILES string of the molecule is CC[C@@H]1O[C@@H]([C@@H](O)/C=C/[C@H](O)CCCCCCCC(=O)O)C[C@H]1O. The third-order valence-electron chi connectivity index (χ3n) is 4.46. The fourth-order valence-electron chi connectivity index (χ4n) is 2.97. The van der Waals surface area contributed by atoms with Crippen LogP contribution in [0.5, 0.6) is 0 Å². The van der Waals surface area contributed by atoms with E-state index in [0.29, 0.717) is 25.7 Å². The molecule has 1 heterocycles. The Kier molecular flexibility index (Phi) is 10.2. The minimum Gasteiger partial charge on any atom is -0.481 e. The smallest absolute Gasteiger partial charge is 0.303 e. The Morgan fingerprint density at radius 1 is 1.17 bits per heavy atom. The van der Waals surface area contributed by atoms with E-state index in [2.05, 4.69) is 0 Å². The molecule has 0 saturated carbocycles. The molecular formula is C18H32O6. The maximum absolute atomic E-state index is 10.4. The second kappa shape index (κ2) is 11.6. The van der Waals surface area contributed by atoms with Gasteiger partial charge in [0.1, 0.15) is 0 Å². The fourth-order valence-corrected chi connectivity index (χ4v) is 2.97. The van der Waals surface area contributed by atoms with Gasteiger partial charge in [-0.05, 0) is 19.3 Å². The second-order valence-corrected chi connectivity index (χ2v) is 6.57. The van der Waals surface area contributed by atoms with E-state index in [1.54, 1.807) is 12.2 Å². The molecule has 0 radical (unpaired) electrons. The third-order valence-corrected chi connectivity index (χ3v) is 4.46. The van der Waals surface area contributed by atoms with Crippen LogP contribution in [0.25, 0.3) is 0 Å². The summed E-state index contributed by atoms with van der Waals surface area (Å²) < 4.78 is 5.60. The van der Waals surface area contributed by atoms with Gasteiger partial charge >= 0.3 is 5.97 Å². The molecule has 4 N–H and O–H groups in total. The van der Waals surface area contributed by atoms with E-state index in [4.69, 9.17) is 9.84 Å². The van der Waals surface area contributed by atoms with Crippen LogP contribution in [0, 0.1) is 0 Å². The first-order valence-electron chi connectivity index (χ1n) is 9.03. The molecule has 24 heavy (non-hydrogen) atoms. The molecule has 0 unspecified atom stereocenters. The zero-order valence-electron chi connectivity index (χ0n) is 14.5. The highest BCUT2D eigenvalue weighted by atomic mass is 16.5. The minimum atomic E-state index is -0.818. The van der Waals surface area contributed by atoms with Crippen LogP contribution >= 0.6 is 0 Å². The van der Waals surface area contributed by atoms with E-state index in [0.717, 1.165) is 25.7 Å². The summed E-state index contributed by atoms with van der Waals surface area (Å²) in [5, 5.41) is 38.3. The number of unbranched alkanes of at least 4 members (excludes halogenated alkanes) is 4. The van der Waals surface area contributed by atoms with Crippen molar-refractivity contribution in [3.8, 4) is 0 Å². The van der Waals surface area contributed by atoms with E-state index in [9.17, 15) is 20.1 Å². The quantitative estimate of drug-likeness (QED) is 0.319. The van der Waals surface area contributed by atoms with Crippen molar-refractivity contribution in [2.45, 2.75) is 95.2 Å². The van der Waals surface area contributed by atoms with Gasteiger partial charge in [0.15, 0.2) is 0 Å². The molecule has 1 fully saturated rings. The Labute approximate surface area is 144 Å². The number of carboxylic acid groups (broad SMARTS) is 1. The number of hydrogen-bond acceptors (Lipinski definition) is 5. The Bertz CT molecular complexity index is 384. The van der Waals surface area contributed by atoms with E-state index < -0.39 is 30.4 Å². The van der Waals surface area contributed by atoms with Gasteiger partial charge in [0.2, 0.25) is 0 Å². The van der Waals surface area contributed by atoms with Gasteiger partial charge in [-0.15, -0.1) is 0 Å². The van der Waals surface area contributed by atoms with E-state index >= 15 is 0 Å². The van der Waals surface area contributed by atoms with Gasteiger partial charge in [-0.3, -0.25) is 4.79 Å². The molecule has 1 aliphatic rings. The molecule has 0 aromatic heterocycles. The highest BCUT2D eigenvalue weighted by Gasteiger charge is 2.35. The zero-order valence-corrected chi connectivity index (χ0v) is 14.5. The van der Waals surface area contributed by atoms with Crippen molar-refractivity contribution >= 4 is 5.97 Å². The molecule has 0 bridgehead atoms. The van der Waals surface area contributed by atoms with E-state index in [-0.39, 0.29) is 12.5 Å². The molecule has 0 spiro atoms. The number of hydrogen-bond donors (Lipinski definition) is 4. The minimum absolute atomic E-state index is 0.218. The van der Waals surface area contributed by atoms with Gasteiger partial charge in [-0.2, -0.15) is 0 Å². The van der Waals surface area contributed by atoms with Crippen molar-refractivity contribution in [1.82, 2.24) is 0 Å². The van der Waals surface area contributed by atoms with Crippen molar-refractivity contribution in [1.29, 1.82) is 0 Å². The van der Waals surface area contributed by atoms with Gasteiger partial charge < -0.3 is 25.2 Å². The summed E-state index contributed by atoms with van der Waals surface area (Å²) in [6.07, 6.45) is 6.92. The standard InChI is InChI=1S/C18H32O6/c1-2-16-15(21)12-17(24-16)14(20)11-10-13(19)8-6-4-3-5-7-9-18(22)23/h10-11,13-17,19-21H,2-9,12H2,1H3,(H,22,23)/b11-10+/t13-,14+,15-,16+,17-/m1/s1. The number of rotatable bonds is 12. The Morgan fingerprint density at radius 3 is 2.46 bits per heavy atom. The molecule has 0 aliphatic carbocycles. The number of aliphatic hydroxyl groups excluding tert-OH is 3. The summed E-state index contributed by atoms with van der Waals surface area (Å²) in [7, 11) is 0. The number of aliphatic hydroxyl groups is 3. The van der Waals surface area contributed by atoms with Crippen LogP contribution in [0.4, 0.5) is 0 Å². The normalized spacial score (nSPS) is 26.8. The second-order valence-electron chi connectivity index (χ2n) is 6.57. The lowest BCUT2D eigenvalue weighted by atomic mass is 10.0. The first kappa shape index (κ1) is 21.1. The third kappa shape index (κ3) is 8.24. The molecule has 1 rings (SSSR count). The highest BCUT2D eigenvalue weighted by Crippen LogP contribution is 2.25. The molecule has 1 aliphatic heterocycles. The van der Waals surface area contributed by atoms with Crippen LogP contribution in [-0.4, -0.2) is 56.9 Å². The molecule has 0 aromatic carbocycles. The number of carbonyl (C=O) groups is 1. The van der Waals surface area contributed by atoms with E-state index in [1.165, 1.54) is 0 Å². The summed E-state index contributed by atoms with van der Waals surface area (Å²) in [5.41, 5.74) is 0. The Balaban J connectivity index is 2.12. The summed E-state index contributed by atoms with van der Waals surface area (Å²) in [6.45, 7) is 1.93. The van der Waals surface area contributed by atoms with Gasteiger partial charge in [-0.25, -0.2) is 0 Å². The Hall–Kier alpha value is -0.950. The maximum atomic E-state index is 10.4. The van der Waals surface area contributed by atoms with Crippen LogP contribution in [-0.2, 0) is 9.53 Å². The first-order valence-corrected chi connectivity index (χ1v) is 9.03. The lowest BCUT2D eigenvalue weighted by molar-refractivity contribution is -0.137. The van der Waals surface area contributed by atoms with Crippen molar-refractivity contribution in [3.05, 3.63) is 12.2 Å². The average Bonchev–Trinajstić information content (AvgIpc) is 2.92. The van der Waals surface area contributed by atoms with Crippen LogP contribution in [0.1, 0.15) is 64.7 Å². The first-order chi connectivity index (χ1) is 11.4. The van der Waals surface area contributed by atoms with E-state index in [1.807, 2.05) is 6.92 Å². The molecule has 6 nitrogen and oxygen atoms in total. The van der Waals surface area contributed by atoms with Crippen molar-refractivity contribution in [3.63, 3.8) is 0 Å². The Morgan fingerprint density at radius 2 is 1.83 bits per heavy atom. The van der Waals surface area contributed by atoms with Crippen molar-refractivity contribution < 1.29 is 30.0 Å². The van der Waals surface area contributed by atoms with Crippen molar-refractivity contribution in [2.24, 2.45) is 0 Å². The zero-order chi connectivity index (χ0) is 17.9. The lowest BCUT2D eigenvalue weighted by Crippen LogP contribution is -2.24. The molecule has 1 saturated heterocycles. The average molecular weight is 344 g/mol. The topological polar surface area (TPSA) is 107 Å². The number of carboxylic acids is 1. The molecule has 0 aromatic rings. The van der Waals surface area contributed by atoms with Crippen molar-refractivity contribution in [2.75, 3.05) is 0 Å². The predicted octanol–water partition coefficient (Wildman–Crippen LogP) is 2.01. The van der Waals surface area contributed by atoms with Crippen LogP contribution in [0.2, 0.25) is 0 Å². The van der Waals surface area contributed by atoms with Gasteiger partial charge in [0, 0.05) is 12.8 Å². The maximum Gasteiger partial charge on any atom is 0.303 e. The van der Waals surface area contributed by atoms with Crippen LogP contribution < -0.4 is 0 Å². The number of ether oxygens (including phenoxy) is 1. The van der Waals surface area contributed by atoms with Crippen LogP contribution in [0.3, 0.4) is 0 Å².